The number of aliphatic imine (C=N–C) groups is 1. The topological polar surface area (TPSA) is 72.7 Å². The number of hydrogen-bond acceptors (Lipinski definition) is 4. The first kappa shape index (κ1) is 26.0. The second-order valence-corrected chi connectivity index (χ2v) is 8.28. The first-order chi connectivity index (χ1) is 16.2. The van der Waals surface area contributed by atoms with E-state index in [1.54, 1.807) is 13.2 Å². The average Bonchev–Trinajstić information content (AvgIpc) is 3.56. The minimum absolute atomic E-state index is 0. The van der Waals surface area contributed by atoms with E-state index in [0.29, 0.717) is 13.2 Å². The molecule has 7 nitrogen and oxygen atoms in total. The normalized spacial score (nSPS) is 15.6. The van der Waals surface area contributed by atoms with Gasteiger partial charge >= 0.3 is 0 Å². The highest BCUT2D eigenvalue weighted by Crippen LogP contribution is 2.22. The van der Waals surface area contributed by atoms with Gasteiger partial charge in [0, 0.05) is 44.7 Å². The molecule has 0 saturated carbocycles. The largest absolute Gasteiger partial charge is 0.491 e. The Bertz CT molecular complexity index is 1030. The van der Waals surface area contributed by atoms with Crippen LogP contribution in [-0.2, 0) is 17.7 Å². The predicted octanol–water partition coefficient (Wildman–Crippen LogP) is 4.26. The average molecular weight is 575 g/mol. The first-order valence-electron chi connectivity index (χ1n) is 11.6. The number of hydrogen-bond donors (Lipinski definition) is 2. The number of nitrogens with zero attached hydrogens (tertiary/aromatic N) is 3. The third-order valence-electron chi connectivity index (χ3n) is 5.75. The minimum atomic E-state index is 0. The van der Waals surface area contributed by atoms with Crippen molar-refractivity contribution >= 4 is 29.9 Å². The van der Waals surface area contributed by atoms with Crippen molar-refractivity contribution in [2.75, 3.05) is 26.8 Å². The van der Waals surface area contributed by atoms with Gasteiger partial charge in [-0.25, -0.2) is 4.68 Å². The molecule has 34 heavy (non-hydrogen) atoms. The molecule has 0 bridgehead atoms. The summed E-state index contributed by atoms with van der Waals surface area (Å²) in [5.74, 6) is 1.68. The van der Waals surface area contributed by atoms with Crippen LogP contribution < -0.4 is 15.4 Å². The molecule has 4 rings (SSSR count). The fourth-order valence-corrected chi connectivity index (χ4v) is 3.86. The summed E-state index contributed by atoms with van der Waals surface area (Å²) in [6.45, 7) is 4.95. The number of halogens is 1. The molecule has 1 atom stereocenters. The molecule has 1 saturated heterocycles. The second kappa shape index (κ2) is 13.3. The smallest absolute Gasteiger partial charge is 0.191 e. The van der Waals surface area contributed by atoms with Gasteiger partial charge in [0.05, 0.1) is 11.8 Å². The summed E-state index contributed by atoms with van der Waals surface area (Å²) in [5, 5.41) is 11.1. The van der Waals surface area contributed by atoms with E-state index in [0.717, 1.165) is 55.4 Å². The maximum Gasteiger partial charge on any atom is 0.191 e. The van der Waals surface area contributed by atoms with Crippen LogP contribution >= 0.6 is 24.0 Å². The highest BCUT2D eigenvalue weighted by Gasteiger charge is 2.17. The van der Waals surface area contributed by atoms with E-state index >= 15 is 0 Å². The van der Waals surface area contributed by atoms with E-state index in [1.807, 2.05) is 16.9 Å². The summed E-state index contributed by atoms with van der Waals surface area (Å²) < 4.78 is 13.7. The number of benzene rings is 2. The number of nitrogens with one attached hydrogen (secondary N) is 2. The van der Waals surface area contributed by atoms with Crippen LogP contribution in [0.3, 0.4) is 0 Å². The molecule has 182 valence electrons. The summed E-state index contributed by atoms with van der Waals surface area (Å²) in [6, 6.07) is 16.7. The highest BCUT2D eigenvalue weighted by molar-refractivity contribution is 14.0. The van der Waals surface area contributed by atoms with E-state index in [9.17, 15) is 0 Å². The zero-order valence-corrected chi connectivity index (χ0v) is 22.2. The van der Waals surface area contributed by atoms with Gasteiger partial charge in [0.1, 0.15) is 12.4 Å². The molecular weight excluding hydrogens is 541 g/mol. The molecule has 2 N–H and O–H groups in total. The van der Waals surface area contributed by atoms with Gasteiger partial charge in [-0.05, 0) is 61.6 Å². The minimum Gasteiger partial charge on any atom is -0.491 e. The SMILES string of the molecule is CN=C(NCCc1ccc(-n2cccn2)cc1)NCc1ccc(C)cc1OCC1CCCO1.I. The Labute approximate surface area is 219 Å². The van der Waals surface area contributed by atoms with Gasteiger partial charge < -0.3 is 20.1 Å². The third-order valence-corrected chi connectivity index (χ3v) is 5.75. The van der Waals surface area contributed by atoms with Crippen molar-refractivity contribution in [2.24, 2.45) is 4.99 Å². The van der Waals surface area contributed by atoms with E-state index in [1.165, 1.54) is 11.1 Å². The van der Waals surface area contributed by atoms with Gasteiger partial charge in [0.15, 0.2) is 5.96 Å². The van der Waals surface area contributed by atoms with Crippen LogP contribution in [0.15, 0.2) is 65.9 Å². The van der Waals surface area contributed by atoms with Crippen LogP contribution in [0.2, 0.25) is 0 Å². The summed E-state index contributed by atoms with van der Waals surface area (Å²) >= 11 is 0. The van der Waals surface area contributed by atoms with Crippen molar-refractivity contribution < 1.29 is 9.47 Å². The van der Waals surface area contributed by atoms with Crippen LogP contribution in [0.25, 0.3) is 5.69 Å². The van der Waals surface area contributed by atoms with Crippen LogP contribution in [0.5, 0.6) is 5.75 Å². The lowest BCUT2D eigenvalue weighted by Crippen LogP contribution is -2.38. The van der Waals surface area contributed by atoms with Crippen molar-refractivity contribution in [2.45, 2.75) is 38.8 Å². The van der Waals surface area contributed by atoms with Gasteiger partial charge in [0.2, 0.25) is 0 Å². The number of ether oxygens (including phenoxy) is 2. The van der Waals surface area contributed by atoms with Crippen LogP contribution in [-0.4, -0.2) is 48.7 Å². The molecule has 3 aromatic rings. The fraction of sp³-hybridized carbons (Fsp3) is 0.385. The molecule has 0 spiro atoms. The molecule has 2 aromatic carbocycles. The van der Waals surface area contributed by atoms with Gasteiger partial charge in [-0.15, -0.1) is 24.0 Å². The first-order valence-corrected chi connectivity index (χ1v) is 11.6. The molecular formula is C26H34IN5O2. The van der Waals surface area contributed by atoms with E-state index < -0.39 is 0 Å². The summed E-state index contributed by atoms with van der Waals surface area (Å²) in [7, 11) is 1.79. The molecule has 0 radical (unpaired) electrons. The molecule has 2 heterocycles. The molecule has 1 aliphatic rings. The van der Waals surface area contributed by atoms with Crippen LogP contribution in [0.1, 0.15) is 29.5 Å². The maximum absolute atomic E-state index is 6.11. The predicted molar refractivity (Wildman–Crippen MR) is 147 cm³/mol. The highest BCUT2D eigenvalue weighted by atomic mass is 127. The Morgan fingerprint density at radius 2 is 2.06 bits per heavy atom. The zero-order chi connectivity index (χ0) is 22.9. The molecule has 1 fully saturated rings. The van der Waals surface area contributed by atoms with E-state index in [-0.39, 0.29) is 30.1 Å². The Hall–Kier alpha value is -2.59. The number of guanidine groups is 1. The van der Waals surface area contributed by atoms with Crippen molar-refractivity contribution in [1.29, 1.82) is 0 Å². The number of aromatic nitrogens is 2. The quantitative estimate of drug-likeness (QED) is 0.227. The number of aryl methyl sites for hydroxylation is 1. The fourth-order valence-electron chi connectivity index (χ4n) is 3.86. The van der Waals surface area contributed by atoms with Gasteiger partial charge in [0.25, 0.3) is 0 Å². The molecule has 0 amide bonds. The lowest BCUT2D eigenvalue weighted by molar-refractivity contribution is 0.0676. The monoisotopic (exact) mass is 575 g/mol. The maximum atomic E-state index is 6.11. The molecule has 8 heteroatoms. The van der Waals surface area contributed by atoms with Crippen LogP contribution in [0, 0.1) is 6.92 Å². The van der Waals surface area contributed by atoms with Gasteiger partial charge in [-0.2, -0.15) is 5.10 Å². The number of rotatable bonds is 9. The summed E-state index contributed by atoms with van der Waals surface area (Å²) in [5.41, 5.74) is 4.61. The lowest BCUT2D eigenvalue weighted by Gasteiger charge is -2.17. The van der Waals surface area contributed by atoms with E-state index in [2.05, 4.69) is 70.1 Å². The Kier molecular flexibility index (Phi) is 10.2. The summed E-state index contributed by atoms with van der Waals surface area (Å²) in [6.07, 6.45) is 7.02. The van der Waals surface area contributed by atoms with Crippen LogP contribution in [0.4, 0.5) is 0 Å². The lowest BCUT2D eigenvalue weighted by atomic mass is 10.1. The van der Waals surface area contributed by atoms with Gasteiger partial charge in [-0.1, -0.05) is 24.3 Å². The van der Waals surface area contributed by atoms with E-state index in [4.69, 9.17) is 9.47 Å². The molecule has 0 aliphatic carbocycles. The Morgan fingerprint density at radius 3 is 2.76 bits per heavy atom. The molecule has 1 unspecified atom stereocenters. The third kappa shape index (κ3) is 7.46. The second-order valence-electron chi connectivity index (χ2n) is 8.28. The van der Waals surface area contributed by atoms with Gasteiger partial charge in [-0.3, -0.25) is 4.99 Å². The Balaban J connectivity index is 0.00000324. The molecule has 1 aliphatic heterocycles. The van der Waals surface area contributed by atoms with Crippen molar-refractivity contribution in [3.05, 3.63) is 77.6 Å². The van der Waals surface area contributed by atoms with Crippen molar-refractivity contribution in [1.82, 2.24) is 20.4 Å². The standard InChI is InChI=1S/C26H33N5O2.HI/c1-20-6-9-22(25(17-20)33-19-24-5-3-16-32-24)18-29-26(27-2)28-14-12-21-7-10-23(11-8-21)31-15-4-13-30-31;/h4,6-11,13,15,17,24H,3,5,12,14,16,18-19H2,1-2H3,(H2,27,28,29);1H. The summed E-state index contributed by atoms with van der Waals surface area (Å²) in [4.78, 5) is 4.36. The molecule has 1 aromatic heterocycles. The zero-order valence-electron chi connectivity index (χ0n) is 19.9. The van der Waals surface area contributed by atoms with Crippen molar-refractivity contribution in [3.63, 3.8) is 0 Å². The van der Waals surface area contributed by atoms with Crippen molar-refractivity contribution in [3.8, 4) is 11.4 Å². The Morgan fingerprint density at radius 1 is 1.21 bits per heavy atom.